The summed E-state index contributed by atoms with van der Waals surface area (Å²) in [5.74, 6) is 0.956. The summed E-state index contributed by atoms with van der Waals surface area (Å²) in [5, 5.41) is 6.50. The van der Waals surface area contributed by atoms with Gasteiger partial charge >= 0.3 is 0 Å². The molecule has 2 N–H and O–H groups in total. The van der Waals surface area contributed by atoms with E-state index in [0.717, 1.165) is 39.1 Å². The number of nitrogens with one attached hydrogen (secondary N) is 2. The van der Waals surface area contributed by atoms with Crippen molar-refractivity contribution < 1.29 is 4.79 Å². The van der Waals surface area contributed by atoms with Gasteiger partial charge in [-0.3, -0.25) is 4.79 Å². The van der Waals surface area contributed by atoms with Crippen LogP contribution < -0.4 is 10.6 Å². The lowest BCUT2D eigenvalue weighted by atomic mass is 10.2. The number of hydrogen-bond acceptors (Lipinski definition) is 3. The second-order valence-corrected chi connectivity index (χ2v) is 4.39. The monoisotopic (exact) mass is 197 g/mol. The van der Waals surface area contributed by atoms with E-state index < -0.39 is 0 Å². The number of carbonyl (C=O) groups is 1. The summed E-state index contributed by atoms with van der Waals surface area (Å²) >= 11 is 0. The van der Waals surface area contributed by atoms with Crippen LogP contribution >= 0.6 is 0 Å². The molecule has 14 heavy (non-hydrogen) atoms. The van der Waals surface area contributed by atoms with E-state index in [2.05, 4.69) is 17.6 Å². The average molecular weight is 197 g/mol. The van der Waals surface area contributed by atoms with Crippen LogP contribution in [-0.2, 0) is 4.79 Å². The largest absolute Gasteiger partial charge is 0.341 e. The molecule has 2 rings (SSSR count). The Morgan fingerprint density at radius 1 is 1.43 bits per heavy atom. The molecule has 2 aliphatic rings. The van der Waals surface area contributed by atoms with Crippen LogP contribution in [0, 0.1) is 5.92 Å². The summed E-state index contributed by atoms with van der Waals surface area (Å²) in [4.78, 5) is 14.0. The Morgan fingerprint density at radius 3 is 2.86 bits per heavy atom. The van der Waals surface area contributed by atoms with Crippen molar-refractivity contribution >= 4 is 5.91 Å². The molecule has 0 aromatic rings. The van der Waals surface area contributed by atoms with E-state index in [1.807, 2.05) is 4.90 Å². The van der Waals surface area contributed by atoms with E-state index in [1.54, 1.807) is 0 Å². The smallest absolute Gasteiger partial charge is 0.241 e. The molecule has 0 radical (unpaired) electrons. The molecule has 4 nitrogen and oxygen atoms in total. The lowest BCUT2D eigenvalue weighted by Crippen LogP contribution is -2.56. The van der Waals surface area contributed by atoms with Gasteiger partial charge in [-0.1, -0.05) is 6.92 Å². The van der Waals surface area contributed by atoms with Gasteiger partial charge in [0.15, 0.2) is 0 Å². The van der Waals surface area contributed by atoms with Gasteiger partial charge in [-0.2, -0.15) is 0 Å². The minimum absolute atomic E-state index is 0.00838. The van der Waals surface area contributed by atoms with E-state index in [9.17, 15) is 4.79 Å². The summed E-state index contributed by atoms with van der Waals surface area (Å²) in [6.45, 7) is 6.75. The molecule has 0 spiro atoms. The molecule has 2 unspecified atom stereocenters. The molecule has 80 valence electrons. The second-order valence-electron chi connectivity index (χ2n) is 4.39. The van der Waals surface area contributed by atoms with Gasteiger partial charge in [-0.05, 0) is 12.3 Å². The maximum atomic E-state index is 12.0. The molecule has 2 atom stereocenters. The first-order valence-electron chi connectivity index (χ1n) is 5.50. The molecule has 2 fully saturated rings. The highest BCUT2D eigenvalue weighted by molar-refractivity contribution is 5.82. The zero-order valence-electron chi connectivity index (χ0n) is 8.75. The minimum Gasteiger partial charge on any atom is -0.341 e. The second kappa shape index (κ2) is 4.28. The van der Waals surface area contributed by atoms with E-state index in [0.29, 0.717) is 5.92 Å². The van der Waals surface area contributed by atoms with Crippen LogP contribution in [-0.4, -0.2) is 49.6 Å². The molecular formula is C10H19N3O. The SMILES string of the molecule is CC1CCN(C(=O)C2CNCCN2)C1. The van der Waals surface area contributed by atoms with E-state index in [-0.39, 0.29) is 11.9 Å². The van der Waals surface area contributed by atoms with E-state index >= 15 is 0 Å². The number of carbonyl (C=O) groups excluding carboxylic acids is 1. The lowest BCUT2D eigenvalue weighted by molar-refractivity contribution is -0.132. The van der Waals surface area contributed by atoms with Crippen LogP contribution in [0.25, 0.3) is 0 Å². The highest BCUT2D eigenvalue weighted by Gasteiger charge is 2.29. The predicted octanol–water partition coefficient (Wildman–Crippen LogP) is -0.584. The molecule has 0 saturated carbocycles. The molecule has 4 heteroatoms. The Hall–Kier alpha value is -0.610. The Morgan fingerprint density at radius 2 is 2.29 bits per heavy atom. The van der Waals surface area contributed by atoms with Crippen molar-refractivity contribution in [1.29, 1.82) is 0 Å². The first kappa shape index (κ1) is 9.93. The fourth-order valence-electron chi connectivity index (χ4n) is 2.18. The molecule has 1 amide bonds. The third kappa shape index (κ3) is 2.07. The normalized spacial score (nSPS) is 33.4. The Bertz CT molecular complexity index is 207. The Labute approximate surface area is 85.0 Å². The van der Waals surface area contributed by atoms with Crippen molar-refractivity contribution in [2.75, 3.05) is 32.7 Å². The summed E-state index contributed by atoms with van der Waals surface area (Å²) in [5.41, 5.74) is 0. The minimum atomic E-state index is 0.00838. The maximum absolute atomic E-state index is 12.0. The van der Waals surface area contributed by atoms with Crippen LogP contribution in [0.3, 0.4) is 0 Å². The number of piperazine rings is 1. The molecule has 0 bridgehead atoms. The number of amides is 1. The molecule has 0 aromatic carbocycles. The Kier molecular flexibility index (Phi) is 3.03. The van der Waals surface area contributed by atoms with E-state index in [4.69, 9.17) is 0 Å². The number of rotatable bonds is 1. The lowest BCUT2D eigenvalue weighted by Gasteiger charge is -2.27. The predicted molar refractivity (Wildman–Crippen MR) is 55.0 cm³/mol. The molecule has 2 saturated heterocycles. The standard InChI is InChI=1S/C10H19N3O/c1-8-2-5-13(7-8)10(14)9-6-11-3-4-12-9/h8-9,11-12H,2-7H2,1H3. The van der Waals surface area contributed by atoms with Crippen LogP contribution in [0.1, 0.15) is 13.3 Å². The molecule has 0 aliphatic carbocycles. The van der Waals surface area contributed by atoms with Crippen LogP contribution in [0.5, 0.6) is 0 Å². The van der Waals surface area contributed by atoms with Gasteiger partial charge in [-0.15, -0.1) is 0 Å². The first-order chi connectivity index (χ1) is 6.77. The van der Waals surface area contributed by atoms with Crippen LogP contribution in [0.2, 0.25) is 0 Å². The van der Waals surface area contributed by atoms with Crippen molar-refractivity contribution in [3.8, 4) is 0 Å². The van der Waals surface area contributed by atoms with Gasteiger partial charge in [0.25, 0.3) is 0 Å². The third-order valence-electron chi connectivity index (χ3n) is 3.07. The summed E-state index contributed by atoms with van der Waals surface area (Å²) in [6, 6.07) is 0.00838. The van der Waals surface area contributed by atoms with Crippen molar-refractivity contribution in [3.05, 3.63) is 0 Å². The van der Waals surface area contributed by atoms with Crippen LogP contribution in [0.15, 0.2) is 0 Å². The van der Waals surface area contributed by atoms with Gasteiger partial charge in [0.05, 0.1) is 6.04 Å². The van der Waals surface area contributed by atoms with Crippen molar-refractivity contribution in [3.63, 3.8) is 0 Å². The average Bonchev–Trinajstić information content (AvgIpc) is 2.65. The molecule has 2 aliphatic heterocycles. The number of hydrogen-bond donors (Lipinski definition) is 2. The zero-order chi connectivity index (χ0) is 9.97. The van der Waals surface area contributed by atoms with E-state index in [1.165, 1.54) is 0 Å². The van der Waals surface area contributed by atoms with Gasteiger partial charge in [-0.25, -0.2) is 0 Å². The quantitative estimate of drug-likeness (QED) is 0.591. The van der Waals surface area contributed by atoms with Gasteiger partial charge in [0, 0.05) is 32.7 Å². The fourth-order valence-corrected chi connectivity index (χ4v) is 2.18. The summed E-state index contributed by atoms with van der Waals surface area (Å²) in [7, 11) is 0. The molecule has 2 heterocycles. The molecule has 0 aromatic heterocycles. The first-order valence-corrected chi connectivity index (χ1v) is 5.50. The maximum Gasteiger partial charge on any atom is 0.241 e. The Balaban J connectivity index is 1.87. The van der Waals surface area contributed by atoms with Crippen LogP contribution in [0.4, 0.5) is 0 Å². The van der Waals surface area contributed by atoms with Crippen molar-refractivity contribution in [1.82, 2.24) is 15.5 Å². The third-order valence-corrected chi connectivity index (χ3v) is 3.07. The highest BCUT2D eigenvalue weighted by atomic mass is 16.2. The number of likely N-dealkylation sites (tertiary alicyclic amines) is 1. The number of nitrogens with zero attached hydrogens (tertiary/aromatic N) is 1. The molecular weight excluding hydrogens is 178 g/mol. The van der Waals surface area contributed by atoms with Gasteiger partial charge in [0.2, 0.25) is 5.91 Å². The van der Waals surface area contributed by atoms with Crippen molar-refractivity contribution in [2.45, 2.75) is 19.4 Å². The highest BCUT2D eigenvalue weighted by Crippen LogP contribution is 2.15. The van der Waals surface area contributed by atoms with Crippen molar-refractivity contribution in [2.24, 2.45) is 5.92 Å². The van der Waals surface area contributed by atoms with Gasteiger partial charge in [0.1, 0.15) is 0 Å². The zero-order valence-corrected chi connectivity index (χ0v) is 8.75. The van der Waals surface area contributed by atoms with Gasteiger partial charge < -0.3 is 15.5 Å². The summed E-state index contributed by atoms with van der Waals surface area (Å²) in [6.07, 6.45) is 1.16. The summed E-state index contributed by atoms with van der Waals surface area (Å²) < 4.78 is 0. The fraction of sp³-hybridized carbons (Fsp3) is 0.900. The topological polar surface area (TPSA) is 44.4 Å².